The van der Waals surface area contributed by atoms with Crippen LogP contribution in [0.25, 0.3) is 11.3 Å². The first-order chi connectivity index (χ1) is 14.8. The normalized spacial score (nSPS) is 14.5. The predicted molar refractivity (Wildman–Crippen MR) is 110 cm³/mol. The quantitative estimate of drug-likeness (QED) is 0.449. The zero-order valence-electron chi connectivity index (χ0n) is 16.4. The summed E-state index contributed by atoms with van der Waals surface area (Å²) in [4.78, 5) is 8.99. The van der Waals surface area contributed by atoms with Crippen LogP contribution in [0.15, 0.2) is 54.6 Å². The summed E-state index contributed by atoms with van der Waals surface area (Å²) in [5.74, 6) is 0.108. The van der Waals surface area contributed by atoms with Gasteiger partial charge >= 0.3 is 6.36 Å². The summed E-state index contributed by atoms with van der Waals surface area (Å²) >= 11 is 0. The number of nitrogens with zero attached hydrogens (tertiary/aromatic N) is 2. The molecule has 0 radical (unpaired) electrons. The maximum Gasteiger partial charge on any atom is 0.573 e. The van der Waals surface area contributed by atoms with Crippen LogP contribution in [-0.2, 0) is 0 Å². The zero-order chi connectivity index (χ0) is 21.8. The minimum Gasteiger partial charge on any atom is -0.406 e. The highest BCUT2D eigenvalue weighted by Crippen LogP contribution is 2.30. The molecule has 0 saturated heterocycles. The van der Waals surface area contributed by atoms with Crippen molar-refractivity contribution in [3.8, 4) is 17.0 Å². The average molecular weight is 432 g/mol. The molecule has 2 aromatic carbocycles. The summed E-state index contributed by atoms with van der Waals surface area (Å²) < 4.78 is 55.1. The fraction of sp³-hybridized carbons (Fsp3) is 0.273. The Bertz CT molecular complexity index is 1030. The molecule has 0 amide bonds. The highest BCUT2D eigenvalue weighted by molar-refractivity contribution is 5.68. The largest absolute Gasteiger partial charge is 0.573 e. The van der Waals surface area contributed by atoms with Crippen LogP contribution >= 0.6 is 0 Å². The lowest BCUT2D eigenvalue weighted by molar-refractivity contribution is -0.274. The van der Waals surface area contributed by atoms with Crippen molar-refractivity contribution in [1.82, 2.24) is 9.97 Å². The van der Waals surface area contributed by atoms with E-state index < -0.39 is 6.36 Å². The third-order valence-electron chi connectivity index (χ3n) is 4.89. The Hall–Kier alpha value is -3.36. The summed E-state index contributed by atoms with van der Waals surface area (Å²) in [5.41, 5.74) is 1.49. The van der Waals surface area contributed by atoms with Crippen molar-refractivity contribution in [2.45, 2.75) is 38.1 Å². The van der Waals surface area contributed by atoms with Crippen molar-refractivity contribution >= 4 is 17.5 Å². The fourth-order valence-electron chi connectivity index (χ4n) is 3.51. The third kappa shape index (κ3) is 5.84. The SMILES string of the molecule is Fc1ccc(Nc2cc(-c3cccc(OC(F)(F)F)c3)nc(NC3CCCC3)n2)cc1. The van der Waals surface area contributed by atoms with E-state index in [-0.39, 0.29) is 17.6 Å². The smallest absolute Gasteiger partial charge is 0.406 e. The lowest BCUT2D eigenvalue weighted by Gasteiger charge is -2.15. The number of rotatable bonds is 6. The Morgan fingerprint density at radius 3 is 2.39 bits per heavy atom. The van der Waals surface area contributed by atoms with Crippen molar-refractivity contribution in [2.24, 2.45) is 0 Å². The molecule has 1 aliphatic carbocycles. The number of ether oxygens (including phenoxy) is 1. The summed E-state index contributed by atoms with van der Waals surface area (Å²) in [6.45, 7) is 0. The van der Waals surface area contributed by atoms with Crippen LogP contribution in [0.1, 0.15) is 25.7 Å². The molecule has 5 nitrogen and oxygen atoms in total. The van der Waals surface area contributed by atoms with Gasteiger partial charge in [-0.15, -0.1) is 13.2 Å². The minimum atomic E-state index is -4.78. The van der Waals surface area contributed by atoms with Gasteiger partial charge in [0.25, 0.3) is 0 Å². The molecule has 162 valence electrons. The Balaban J connectivity index is 1.67. The van der Waals surface area contributed by atoms with Crippen molar-refractivity contribution in [2.75, 3.05) is 10.6 Å². The molecule has 0 aliphatic heterocycles. The molecule has 1 aromatic heterocycles. The van der Waals surface area contributed by atoms with Gasteiger partial charge in [-0.1, -0.05) is 25.0 Å². The summed E-state index contributed by atoms with van der Waals surface area (Å²) in [6, 6.07) is 13.3. The first kappa shape index (κ1) is 20.9. The Kier molecular flexibility index (Phi) is 5.92. The average Bonchev–Trinajstić information content (AvgIpc) is 3.21. The number of hydrogen-bond acceptors (Lipinski definition) is 5. The lowest BCUT2D eigenvalue weighted by Crippen LogP contribution is -2.17. The molecule has 3 aromatic rings. The molecule has 2 N–H and O–H groups in total. The molecular formula is C22H20F4N4O. The maximum absolute atomic E-state index is 13.2. The van der Waals surface area contributed by atoms with Gasteiger partial charge in [-0.3, -0.25) is 0 Å². The van der Waals surface area contributed by atoms with E-state index in [0.29, 0.717) is 28.7 Å². The zero-order valence-corrected chi connectivity index (χ0v) is 16.4. The second-order valence-corrected chi connectivity index (χ2v) is 7.30. The molecule has 1 aliphatic rings. The standard InChI is InChI=1S/C22H20F4N4O/c23-15-8-10-17(11-9-15)27-20-13-19(29-21(30-20)28-16-5-1-2-6-16)14-4-3-7-18(12-14)31-22(24,25)26/h3-4,7-13,16H,1-2,5-6H2,(H2,27,28,29,30). The van der Waals surface area contributed by atoms with Gasteiger partial charge in [-0.2, -0.15) is 4.98 Å². The first-order valence-corrected chi connectivity index (χ1v) is 9.88. The second-order valence-electron chi connectivity index (χ2n) is 7.30. The van der Waals surface area contributed by atoms with Crippen LogP contribution in [0.3, 0.4) is 0 Å². The van der Waals surface area contributed by atoms with E-state index in [1.807, 2.05) is 0 Å². The van der Waals surface area contributed by atoms with Gasteiger partial charge in [-0.25, -0.2) is 9.37 Å². The van der Waals surface area contributed by atoms with E-state index in [9.17, 15) is 17.6 Å². The van der Waals surface area contributed by atoms with Crippen molar-refractivity contribution in [3.05, 3.63) is 60.4 Å². The first-order valence-electron chi connectivity index (χ1n) is 9.88. The number of halogens is 4. The van der Waals surface area contributed by atoms with Crippen LogP contribution in [0.2, 0.25) is 0 Å². The van der Waals surface area contributed by atoms with Gasteiger partial charge < -0.3 is 15.4 Å². The number of benzene rings is 2. The van der Waals surface area contributed by atoms with Crippen LogP contribution < -0.4 is 15.4 Å². The van der Waals surface area contributed by atoms with Gasteiger partial charge in [-0.05, 0) is 49.2 Å². The molecule has 4 rings (SSSR count). The van der Waals surface area contributed by atoms with E-state index in [1.54, 1.807) is 24.3 Å². The molecule has 0 bridgehead atoms. The number of aromatic nitrogens is 2. The molecular weight excluding hydrogens is 412 g/mol. The van der Waals surface area contributed by atoms with Crippen LogP contribution in [0, 0.1) is 5.82 Å². The number of alkyl halides is 3. The molecule has 1 saturated carbocycles. The summed E-state index contributed by atoms with van der Waals surface area (Å²) in [5, 5.41) is 6.40. The number of hydrogen-bond donors (Lipinski definition) is 2. The van der Waals surface area contributed by atoms with Gasteiger partial charge in [0.05, 0.1) is 5.69 Å². The molecule has 0 spiro atoms. The predicted octanol–water partition coefficient (Wildman–Crippen LogP) is 6.28. The van der Waals surface area contributed by atoms with Crippen molar-refractivity contribution < 1.29 is 22.3 Å². The van der Waals surface area contributed by atoms with E-state index in [4.69, 9.17) is 0 Å². The van der Waals surface area contributed by atoms with E-state index >= 15 is 0 Å². The van der Waals surface area contributed by atoms with Gasteiger partial charge in [0.1, 0.15) is 17.4 Å². The lowest BCUT2D eigenvalue weighted by atomic mass is 10.1. The molecule has 0 unspecified atom stereocenters. The van der Waals surface area contributed by atoms with Crippen LogP contribution in [-0.4, -0.2) is 22.4 Å². The van der Waals surface area contributed by atoms with E-state index in [1.165, 1.54) is 30.3 Å². The van der Waals surface area contributed by atoms with Crippen molar-refractivity contribution in [3.63, 3.8) is 0 Å². The molecule has 9 heteroatoms. The second kappa shape index (κ2) is 8.79. The van der Waals surface area contributed by atoms with Gasteiger partial charge in [0.15, 0.2) is 0 Å². The molecule has 0 atom stereocenters. The van der Waals surface area contributed by atoms with Crippen molar-refractivity contribution in [1.29, 1.82) is 0 Å². The van der Waals surface area contributed by atoms with Crippen LogP contribution in [0.4, 0.5) is 35.0 Å². The highest BCUT2D eigenvalue weighted by atomic mass is 19.4. The minimum absolute atomic E-state index is 0.244. The molecule has 1 fully saturated rings. The Morgan fingerprint density at radius 2 is 1.68 bits per heavy atom. The monoisotopic (exact) mass is 432 g/mol. The molecule has 1 heterocycles. The topological polar surface area (TPSA) is 59.1 Å². The number of anilines is 3. The van der Waals surface area contributed by atoms with Crippen LogP contribution in [0.5, 0.6) is 5.75 Å². The van der Waals surface area contributed by atoms with E-state index in [0.717, 1.165) is 25.7 Å². The third-order valence-corrected chi connectivity index (χ3v) is 4.89. The maximum atomic E-state index is 13.2. The molecule has 31 heavy (non-hydrogen) atoms. The Labute approximate surface area is 176 Å². The Morgan fingerprint density at radius 1 is 0.935 bits per heavy atom. The summed E-state index contributed by atoms with van der Waals surface area (Å²) in [7, 11) is 0. The summed E-state index contributed by atoms with van der Waals surface area (Å²) in [6.07, 6.45) is -0.537. The van der Waals surface area contributed by atoms with E-state index in [2.05, 4.69) is 25.3 Å². The van der Waals surface area contributed by atoms with Gasteiger partial charge in [0.2, 0.25) is 5.95 Å². The van der Waals surface area contributed by atoms with Gasteiger partial charge in [0, 0.05) is 23.4 Å². The fourth-order valence-corrected chi connectivity index (χ4v) is 3.51. The number of nitrogens with one attached hydrogen (secondary N) is 2. The highest BCUT2D eigenvalue weighted by Gasteiger charge is 2.31.